The van der Waals surface area contributed by atoms with Crippen molar-refractivity contribution in [1.29, 1.82) is 0 Å². The predicted octanol–water partition coefficient (Wildman–Crippen LogP) is 3.46. The number of anilines is 1. The molecule has 8 nitrogen and oxygen atoms in total. The van der Waals surface area contributed by atoms with E-state index < -0.39 is 15.8 Å². The largest absolute Gasteiger partial charge is 0.322 e. The number of nitro groups is 2. The zero-order chi connectivity index (χ0) is 17.7. The van der Waals surface area contributed by atoms with Crippen LogP contribution in [0.1, 0.15) is 11.1 Å². The first-order valence-electron chi connectivity index (χ1n) is 6.85. The minimum absolute atomic E-state index is 0.0381. The summed E-state index contributed by atoms with van der Waals surface area (Å²) in [5.41, 5.74) is 1.51. The van der Waals surface area contributed by atoms with Crippen molar-refractivity contribution < 1.29 is 14.6 Å². The van der Waals surface area contributed by atoms with E-state index in [1.165, 1.54) is 48.6 Å². The van der Waals surface area contributed by atoms with E-state index in [1.54, 1.807) is 13.0 Å². The smallest absolute Gasteiger partial charge is 0.271 e. The summed E-state index contributed by atoms with van der Waals surface area (Å²) >= 11 is 0. The highest BCUT2D eigenvalue weighted by Crippen LogP contribution is 2.22. The van der Waals surface area contributed by atoms with Crippen LogP contribution in [0.15, 0.2) is 48.5 Å². The molecule has 0 aromatic heterocycles. The fourth-order valence-corrected chi connectivity index (χ4v) is 1.91. The summed E-state index contributed by atoms with van der Waals surface area (Å²) in [5.74, 6) is -0.461. The summed E-state index contributed by atoms with van der Waals surface area (Å²) in [4.78, 5) is 32.2. The summed E-state index contributed by atoms with van der Waals surface area (Å²) in [6, 6.07) is 9.89. The van der Waals surface area contributed by atoms with Crippen molar-refractivity contribution in [2.45, 2.75) is 6.92 Å². The van der Waals surface area contributed by atoms with Gasteiger partial charge < -0.3 is 5.32 Å². The molecule has 1 amide bonds. The van der Waals surface area contributed by atoms with Gasteiger partial charge in [-0.1, -0.05) is 6.07 Å². The lowest BCUT2D eigenvalue weighted by molar-refractivity contribution is -0.385. The molecular weight excluding hydrogens is 314 g/mol. The zero-order valence-electron chi connectivity index (χ0n) is 12.6. The van der Waals surface area contributed by atoms with Crippen LogP contribution in [0.4, 0.5) is 17.1 Å². The standard InChI is InChI=1S/C16H13N3O5/c1-11-2-6-14(19(23)24)10-15(11)17-16(20)9-5-12-3-7-13(8-4-12)18(21)22/h2-10H,1H3,(H,17,20)/b9-5+. The molecule has 122 valence electrons. The number of nitrogens with one attached hydrogen (secondary N) is 1. The number of carbonyl (C=O) groups excluding carboxylic acids is 1. The number of rotatable bonds is 5. The van der Waals surface area contributed by atoms with E-state index in [-0.39, 0.29) is 11.4 Å². The normalized spacial score (nSPS) is 10.5. The van der Waals surface area contributed by atoms with Gasteiger partial charge >= 0.3 is 0 Å². The lowest BCUT2D eigenvalue weighted by Gasteiger charge is -2.05. The molecule has 2 aromatic rings. The molecule has 0 spiro atoms. The minimum atomic E-state index is -0.540. The van der Waals surface area contributed by atoms with Crippen molar-refractivity contribution in [2.24, 2.45) is 0 Å². The quantitative estimate of drug-likeness (QED) is 0.513. The van der Waals surface area contributed by atoms with Crippen LogP contribution >= 0.6 is 0 Å². The van der Waals surface area contributed by atoms with Crippen molar-refractivity contribution in [3.8, 4) is 0 Å². The molecule has 0 fully saturated rings. The molecule has 24 heavy (non-hydrogen) atoms. The highest BCUT2D eigenvalue weighted by atomic mass is 16.6. The number of hydrogen-bond acceptors (Lipinski definition) is 5. The van der Waals surface area contributed by atoms with Crippen LogP contribution < -0.4 is 5.32 Å². The molecule has 0 aliphatic carbocycles. The maximum absolute atomic E-state index is 11.9. The molecule has 8 heteroatoms. The van der Waals surface area contributed by atoms with Gasteiger partial charge in [-0.2, -0.15) is 0 Å². The molecule has 2 aromatic carbocycles. The first-order chi connectivity index (χ1) is 11.4. The fraction of sp³-hybridized carbons (Fsp3) is 0.0625. The van der Waals surface area contributed by atoms with Crippen molar-refractivity contribution in [1.82, 2.24) is 0 Å². The molecule has 1 N–H and O–H groups in total. The van der Waals surface area contributed by atoms with Crippen LogP contribution in [0.25, 0.3) is 6.08 Å². The van der Waals surface area contributed by atoms with Crippen LogP contribution in [0.2, 0.25) is 0 Å². The highest BCUT2D eigenvalue weighted by molar-refractivity contribution is 6.02. The Kier molecular flexibility index (Phi) is 5.00. The van der Waals surface area contributed by atoms with Crippen molar-refractivity contribution in [2.75, 3.05) is 5.32 Å². The third-order valence-corrected chi connectivity index (χ3v) is 3.22. The van der Waals surface area contributed by atoms with E-state index in [1.807, 2.05) is 0 Å². The van der Waals surface area contributed by atoms with Gasteiger partial charge in [-0.3, -0.25) is 25.0 Å². The summed E-state index contributed by atoms with van der Waals surface area (Å²) < 4.78 is 0. The van der Waals surface area contributed by atoms with E-state index in [2.05, 4.69) is 5.32 Å². The zero-order valence-corrected chi connectivity index (χ0v) is 12.6. The van der Waals surface area contributed by atoms with Crippen LogP contribution in [0, 0.1) is 27.2 Å². The number of nitro benzene ring substituents is 2. The Labute approximate surface area is 136 Å². The number of benzene rings is 2. The van der Waals surface area contributed by atoms with E-state index >= 15 is 0 Å². The maximum atomic E-state index is 11.9. The predicted molar refractivity (Wildman–Crippen MR) is 88.6 cm³/mol. The molecule has 0 saturated heterocycles. The molecular formula is C16H13N3O5. The molecule has 2 rings (SSSR count). The topological polar surface area (TPSA) is 115 Å². The van der Waals surface area contributed by atoms with Crippen molar-refractivity contribution >= 4 is 29.0 Å². The Bertz CT molecular complexity index is 828. The molecule has 0 aliphatic heterocycles. The monoisotopic (exact) mass is 327 g/mol. The van der Waals surface area contributed by atoms with Gasteiger partial charge in [0.15, 0.2) is 0 Å². The summed E-state index contributed by atoms with van der Waals surface area (Å²) in [7, 11) is 0. The molecule has 0 radical (unpaired) electrons. The number of carbonyl (C=O) groups is 1. The van der Waals surface area contributed by atoms with Gasteiger partial charge in [0.25, 0.3) is 11.4 Å². The SMILES string of the molecule is Cc1ccc([N+](=O)[O-])cc1NC(=O)/C=C/c1ccc([N+](=O)[O-])cc1. The number of non-ortho nitro benzene ring substituents is 2. The van der Waals surface area contributed by atoms with Gasteiger partial charge in [0, 0.05) is 30.3 Å². The second-order valence-electron chi connectivity index (χ2n) is 4.93. The van der Waals surface area contributed by atoms with Gasteiger partial charge in [-0.15, -0.1) is 0 Å². The minimum Gasteiger partial charge on any atom is -0.322 e. The van der Waals surface area contributed by atoms with E-state index in [9.17, 15) is 25.0 Å². The van der Waals surface area contributed by atoms with E-state index in [4.69, 9.17) is 0 Å². The van der Waals surface area contributed by atoms with Gasteiger partial charge in [0.1, 0.15) is 0 Å². The first kappa shape index (κ1) is 16.8. The average molecular weight is 327 g/mol. The van der Waals surface area contributed by atoms with Crippen LogP contribution in [-0.4, -0.2) is 15.8 Å². The number of nitrogens with zero attached hydrogens (tertiary/aromatic N) is 2. The van der Waals surface area contributed by atoms with Crippen LogP contribution in [0.3, 0.4) is 0 Å². The lowest BCUT2D eigenvalue weighted by Crippen LogP contribution is -2.09. The number of hydrogen-bond donors (Lipinski definition) is 1. The van der Waals surface area contributed by atoms with Crippen LogP contribution in [-0.2, 0) is 4.79 Å². The molecule has 0 atom stereocenters. The third kappa shape index (κ3) is 4.23. The molecule has 0 unspecified atom stereocenters. The second-order valence-corrected chi connectivity index (χ2v) is 4.93. The van der Waals surface area contributed by atoms with Crippen molar-refractivity contribution in [3.63, 3.8) is 0 Å². The highest BCUT2D eigenvalue weighted by Gasteiger charge is 2.10. The molecule has 0 aliphatic rings. The van der Waals surface area contributed by atoms with Gasteiger partial charge in [-0.25, -0.2) is 0 Å². The summed E-state index contributed by atoms with van der Waals surface area (Å²) in [6.45, 7) is 1.72. The Hall–Kier alpha value is -3.55. The fourth-order valence-electron chi connectivity index (χ4n) is 1.91. The first-order valence-corrected chi connectivity index (χ1v) is 6.85. The van der Waals surface area contributed by atoms with Gasteiger partial charge in [0.05, 0.1) is 15.5 Å². The third-order valence-electron chi connectivity index (χ3n) is 3.22. The number of amides is 1. The van der Waals surface area contributed by atoms with Gasteiger partial charge in [0.2, 0.25) is 5.91 Å². The van der Waals surface area contributed by atoms with Gasteiger partial charge in [-0.05, 0) is 36.3 Å². The lowest BCUT2D eigenvalue weighted by atomic mass is 10.1. The number of aryl methyl sites for hydroxylation is 1. The maximum Gasteiger partial charge on any atom is 0.271 e. The molecule has 0 bridgehead atoms. The Balaban J connectivity index is 2.09. The Morgan fingerprint density at radius 2 is 1.58 bits per heavy atom. The second kappa shape index (κ2) is 7.14. The van der Waals surface area contributed by atoms with Crippen molar-refractivity contribution in [3.05, 3.63) is 79.9 Å². The van der Waals surface area contributed by atoms with Crippen LogP contribution in [0.5, 0.6) is 0 Å². The average Bonchev–Trinajstić information content (AvgIpc) is 2.55. The molecule has 0 saturated carbocycles. The summed E-state index contributed by atoms with van der Waals surface area (Å²) in [5, 5.41) is 23.9. The Morgan fingerprint density at radius 3 is 2.17 bits per heavy atom. The van der Waals surface area contributed by atoms with E-state index in [0.29, 0.717) is 16.8 Å². The molecule has 0 heterocycles. The Morgan fingerprint density at radius 1 is 1.00 bits per heavy atom. The summed E-state index contributed by atoms with van der Waals surface area (Å²) in [6.07, 6.45) is 2.74. The van der Waals surface area contributed by atoms with E-state index in [0.717, 1.165) is 0 Å².